The standard InChI is InChI=1S/C19H23NO/c1-13-8-9-15(12-14(13)2)19(20-3)17-10-11-21-18-7-5-4-6-16(17)18/h4-9,12,17,19-20H,10-11H2,1-3H3. The number of ether oxygens (including phenoxy) is 1. The maximum Gasteiger partial charge on any atom is 0.122 e. The van der Waals surface area contributed by atoms with Gasteiger partial charge in [0.2, 0.25) is 0 Å². The fraction of sp³-hybridized carbons (Fsp3) is 0.368. The lowest BCUT2D eigenvalue weighted by Gasteiger charge is -2.32. The van der Waals surface area contributed by atoms with Crippen LogP contribution in [0.25, 0.3) is 0 Å². The van der Waals surface area contributed by atoms with Gasteiger partial charge in [-0.05, 0) is 55.6 Å². The minimum atomic E-state index is 0.328. The molecule has 0 amide bonds. The molecule has 3 rings (SSSR count). The highest BCUT2D eigenvalue weighted by molar-refractivity contribution is 5.41. The molecule has 1 heterocycles. The molecule has 2 nitrogen and oxygen atoms in total. The molecule has 0 aromatic heterocycles. The quantitative estimate of drug-likeness (QED) is 0.913. The third-order valence-corrected chi connectivity index (χ3v) is 4.61. The fourth-order valence-electron chi connectivity index (χ4n) is 3.27. The summed E-state index contributed by atoms with van der Waals surface area (Å²) in [7, 11) is 2.05. The van der Waals surface area contributed by atoms with E-state index < -0.39 is 0 Å². The molecular formula is C19H23NO. The lowest BCUT2D eigenvalue weighted by molar-refractivity contribution is 0.248. The average molecular weight is 281 g/mol. The molecule has 2 aromatic rings. The highest BCUT2D eigenvalue weighted by atomic mass is 16.5. The Morgan fingerprint density at radius 1 is 1.10 bits per heavy atom. The molecule has 0 saturated heterocycles. The summed E-state index contributed by atoms with van der Waals surface area (Å²) in [6.45, 7) is 5.14. The molecule has 2 atom stereocenters. The summed E-state index contributed by atoms with van der Waals surface area (Å²) in [5.74, 6) is 1.50. The largest absolute Gasteiger partial charge is 0.493 e. The Balaban J connectivity index is 1.99. The van der Waals surface area contributed by atoms with E-state index in [4.69, 9.17) is 4.74 Å². The number of fused-ring (bicyclic) bond motifs is 1. The van der Waals surface area contributed by atoms with Crippen molar-refractivity contribution < 1.29 is 4.74 Å². The molecule has 0 radical (unpaired) electrons. The van der Waals surface area contributed by atoms with Gasteiger partial charge in [0.15, 0.2) is 0 Å². The fourth-order valence-corrected chi connectivity index (χ4v) is 3.27. The van der Waals surface area contributed by atoms with Gasteiger partial charge in [0.25, 0.3) is 0 Å². The monoisotopic (exact) mass is 281 g/mol. The summed E-state index contributed by atoms with van der Waals surface area (Å²) in [5.41, 5.74) is 5.39. The predicted octanol–water partition coefficient (Wildman–Crippen LogP) is 4.13. The van der Waals surface area contributed by atoms with E-state index in [9.17, 15) is 0 Å². The molecule has 0 saturated carbocycles. The summed E-state index contributed by atoms with van der Waals surface area (Å²) >= 11 is 0. The summed E-state index contributed by atoms with van der Waals surface area (Å²) in [6.07, 6.45) is 1.05. The van der Waals surface area contributed by atoms with Gasteiger partial charge in [0.1, 0.15) is 5.75 Å². The van der Waals surface area contributed by atoms with Crippen molar-refractivity contribution in [2.24, 2.45) is 0 Å². The van der Waals surface area contributed by atoms with Crippen LogP contribution < -0.4 is 10.1 Å². The molecule has 21 heavy (non-hydrogen) atoms. The number of nitrogens with one attached hydrogen (secondary N) is 1. The Kier molecular flexibility index (Phi) is 3.98. The number of hydrogen-bond acceptors (Lipinski definition) is 2. The van der Waals surface area contributed by atoms with E-state index in [1.807, 2.05) is 6.07 Å². The number of aryl methyl sites for hydroxylation is 2. The summed E-state index contributed by atoms with van der Waals surface area (Å²) in [5, 5.41) is 3.52. The summed E-state index contributed by atoms with van der Waals surface area (Å²) in [4.78, 5) is 0. The maximum absolute atomic E-state index is 5.80. The molecule has 2 heteroatoms. The van der Waals surface area contributed by atoms with E-state index in [1.165, 1.54) is 22.3 Å². The van der Waals surface area contributed by atoms with Gasteiger partial charge in [0, 0.05) is 12.0 Å². The van der Waals surface area contributed by atoms with Gasteiger partial charge >= 0.3 is 0 Å². The normalized spacial score (nSPS) is 18.7. The zero-order valence-corrected chi connectivity index (χ0v) is 13.0. The molecule has 1 aliphatic rings. The summed E-state index contributed by atoms with van der Waals surface area (Å²) in [6, 6.07) is 15.5. The van der Waals surface area contributed by atoms with Crippen LogP contribution in [-0.2, 0) is 0 Å². The minimum absolute atomic E-state index is 0.328. The molecule has 2 unspecified atom stereocenters. The van der Waals surface area contributed by atoms with Gasteiger partial charge in [-0.2, -0.15) is 0 Å². The van der Waals surface area contributed by atoms with Crippen LogP contribution in [0.1, 0.15) is 40.6 Å². The van der Waals surface area contributed by atoms with Crippen LogP contribution in [0.15, 0.2) is 42.5 Å². The van der Waals surface area contributed by atoms with Crippen molar-refractivity contribution in [1.82, 2.24) is 5.32 Å². The Hall–Kier alpha value is -1.80. The van der Waals surface area contributed by atoms with Crippen molar-refractivity contribution in [1.29, 1.82) is 0 Å². The first-order valence-corrected chi connectivity index (χ1v) is 7.67. The molecule has 1 aliphatic heterocycles. The van der Waals surface area contributed by atoms with Crippen molar-refractivity contribution in [3.63, 3.8) is 0 Å². The van der Waals surface area contributed by atoms with Crippen molar-refractivity contribution in [3.8, 4) is 5.75 Å². The minimum Gasteiger partial charge on any atom is -0.493 e. The average Bonchev–Trinajstić information content (AvgIpc) is 2.52. The van der Waals surface area contributed by atoms with Gasteiger partial charge in [-0.3, -0.25) is 0 Å². The lowest BCUT2D eigenvalue weighted by Crippen LogP contribution is -2.28. The van der Waals surface area contributed by atoms with E-state index in [1.54, 1.807) is 0 Å². The third kappa shape index (κ3) is 2.68. The summed E-state index contributed by atoms with van der Waals surface area (Å²) < 4.78 is 5.80. The number of benzene rings is 2. The van der Waals surface area contributed by atoms with Crippen molar-refractivity contribution in [3.05, 3.63) is 64.7 Å². The highest BCUT2D eigenvalue weighted by Crippen LogP contribution is 2.41. The van der Waals surface area contributed by atoms with Gasteiger partial charge in [-0.15, -0.1) is 0 Å². The Morgan fingerprint density at radius 3 is 2.67 bits per heavy atom. The lowest BCUT2D eigenvalue weighted by atomic mass is 9.82. The number of hydrogen-bond donors (Lipinski definition) is 1. The van der Waals surface area contributed by atoms with Crippen molar-refractivity contribution in [2.45, 2.75) is 32.2 Å². The second-order valence-electron chi connectivity index (χ2n) is 5.89. The zero-order chi connectivity index (χ0) is 14.8. The van der Waals surface area contributed by atoms with Crippen molar-refractivity contribution >= 4 is 0 Å². The number of rotatable bonds is 3. The van der Waals surface area contributed by atoms with E-state index in [2.05, 4.69) is 62.6 Å². The highest BCUT2D eigenvalue weighted by Gasteiger charge is 2.29. The second kappa shape index (κ2) is 5.90. The molecule has 0 fully saturated rings. The third-order valence-electron chi connectivity index (χ3n) is 4.61. The SMILES string of the molecule is CNC(c1ccc(C)c(C)c1)C1CCOc2ccccc21. The predicted molar refractivity (Wildman–Crippen MR) is 87.0 cm³/mol. The topological polar surface area (TPSA) is 21.3 Å². The first-order valence-electron chi connectivity index (χ1n) is 7.67. The van der Waals surface area contributed by atoms with Gasteiger partial charge < -0.3 is 10.1 Å². The van der Waals surface area contributed by atoms with Crippen LogP contribution in [0.5, 0.6) is 5.75 Å². The van der Waals surface area contributed by atoms with Crippen LogP contribution in [0.4, 0.5) is 0 Å². The van der Waals surface area contributed by atoms with Crippen molar-refractivity contribution in [2.75, 3.05) is 13.7 Å². The number of likely N-dealkylation sites (N-methyl/N-ethyl adjacent to an activating group) is 1. The zero-order valence-electron chi connectivity index (χ0n) is 13.0. The van der Waals surface area contributed by atoms with Gasteiger partial charge in [-0.25, -0.2) is 0 Å². The number of para-hydroxylation sites is 1. The Morgan fingerprint density at radius 2 is 1.90 bits per heavy atom. The van der Waals surface area contributed by atoms with Crippen LogP contribution in [-0.4, -0.2) is 13.7 Å². The first kappa shape index (κ1) is 14.2. The molecule has 0 aliphatic carbocycles. The van der Waals surface area contributed by atoms with E-state index in [0.29, 0.717) is 12.0 Å². The molecule has 1 N–H and O–H groups in total. The van der Waals surface area contributed by atoms with Gasteiger partial charge in [0.05, 0.1) is 6.61 Å². The van der Waals surface area contributed by atoms with Crippen LogP contribution in [0.2, 0.25) is 0 Å². The maximum atomic E-state index is 5.80. The van der Waals surface area contributed by atoms with E-state index in [0.717, 1.165) is 18.8 Å². The molecule has 0 bridgehead atoms. The van der Waals surface area contributed by atoms with Crippen LogP contribution in [0.3, 0.4) is 0 Å². The molecule has 110 valence electrons. The second-order valence-corrected chi connectivity index (χ2v) is 5.89. The van der Waals surface area contributed by atoms with E-state index in [-0.39, 0.29) is 0 Å². The Bertz CT molecular complexity index is 635. The Labute approximate surface area is 127 Å². The molecular weight excluding hydrogens is 258 g/mol. The molecule has 0 spiro atoms. The van der Waals surface area contributed by atoms with Crippen LogP contribution >= 0.6 is 0 Å². The van der Waals surface area contributed by atoms with Gasteiger partial charge in [-0.1, -0.05) is 36.4 Å². The smallest absolute Gasteiger partial charge is 0.122 e. The molecule has 2 aromatic carbocycles. The van der Waals surface area contributed by atoms with E-state index >= 15 is 0 Å². The van der Waals surface area contributed by atoms with Crippen LogP contribution in [0, 0.1) is 13.8 Å². The first-order chi connectivity index (χ1) is 10.2.